The molecule has 1 N–H and O–H groups in total. The molecule has 0 aliphatic rings. The minimum absolute atomic E-state index is 0.149. The Bertz CT molecular complexity index is 857. The van der Waals surface area contributed by atoms with Gasteiger partial charge in [0.1, 0.15) is 5.75 Å². The van der Waals surface area contributed by atoms with Crippen LogP contribution in [0.2, 0.25) is 0 Å². The lowest BCUT2D eigenvalue weighted by Gasteiger charge is -2.16. The highest BCUT2D eigenvalue weighted by Gasteiger charge is 2.16. The molecule has 1 amide bonds. The molecule has 0 spiro atoms. The van der Waals surface area contributed by atoms with Gasteiger partial charge in [-0.1, -0.05) is 55.5 Å². The second-order valence-electron chi connectivity index (χ2n) is 5.77. The predicted molar refractivity (Wildman–Crippen MR) is 98.5 cm³/mol. The second kappa shape index (κ2) is 7.18. The van der Waals surface area contributed by atoms with Gasteiger partial charge in [-0.25, -0.2) is 0 Å². The third-order valence-corrected chi connectivity index (χ3v) is 4.06. The summed E-state index contributed by atoms with van der Waals surface area (Å²) in [6.07, 6.45) is 0.298. The van der Waals surface area contributed by atoms with E-state index in [1.54, 1.807) is 6.92 Å². The van der Waals surface area contributed by atoms with E-state index >= 15 is 0 Å². The topological polar surface area (TPSA) is 38.3 Å². The van der Waals surface area contributed by atoms with Crippen molar-refractivity contribution >= 4 is 22.4 Å². The Kier molecular flexibility index (Phi) is 4.80. The highest BCUT2D eigenvalue weighted by molar-refractivity contribution is 5.95. The third-order valence-electron chi connectivity index (χ3n) is 4.06. The molecule has 122 valence electrons. The van der Waals surface area contributed by atoms with Gasteiger partial charge >= 0.3 is 0 Å². The first kappa shape index (κ1) is 16.1. The van der Waals surface area contributed by atoms with Crippen molar-refractivity contribution in [1.29, 1.82) is 0 Å². The van der Waals surface area contributed by atoms with Crippen LogP contribution in [0.3, 0.4) is 0 Å². The summed E-state index contributed by atoms with van der Waals surface area (Å²) in [6.45, 7) is 3.83. The van der Waals surface area contributed by atoms with Crippen molar-refractivity contribution in [3.8, 4) is 5.75 Å². The number of carbonyl (C=O) groups is 1. The van der Waals surface area contributed by atoms with E-state index in [4.69, 9.17) is 4.74 Å². The average Bonchev–Trinajstić information content (AvgIpc) is 2.62. The molecular formula is C21H21NO2. The van der Waals surface area contributed by atoms with Crippen LogP contribution in [0.15, 0.2) is 66.7 Å². The summed E-state index contributed by atoms with van der Waals surface area (Å²) in [5, 5.41) is 5.20. The van der Waals surface area contributed by atoms with E-state index in [0.717, 1.165) is 28.4 Å². The molecule has 3 aromatic rings. The van der Waals surface area contributed by atoms with Crippen LogP contribution in [-0.2, 0) is 11.2 Å². The van der Waals surface area contributed by atoms with Crippen LogP contribution in [0.4, 0.5) is 5.69 Å². The van der Waals surface area contributed by atoms with Crippen molar-refractivity contribution in [2.75, 3.05) is 5.32 Å². The van der Waals surface area contributed by atoms with Crippen molar-refractivity contribution in [1.82, 2.24) is 0 Å². The Balaban J connectivity index is 1.71. The summed E-state index contributed by atoms with van der Waals surface area (Å²) < 4.78 is 5.82. The van der Waals surface area contributed by atoms with E-state index in [1.807, 2.05) is 60.7 Å². The van der Waals surface area contributed by atoms with E-state index in [9.17, 15) is 4.79 Å². The molecule has 0 bridgehead atoms. The number of benzene rings is 3. The van der Waals surface area contributed by atoms with Crippen LogP contribution in [0.5, 0.6) is 5.75 Å². The van der Waals surface area contributed by atoms with Gasteiger partial charge in [0, 0.05) is 5.69 Å². The molecule has 0 aromatic heterocycles. The van der Waals surface area contributed by atoms with Gasteiger partial charge < -0.3 is 10.1 Å². The fourth-order valence-corrected chi connectivity index (χ4v) is 2.68. The quantitative estimate of drug-likeness (QED) is 0.733. The highest BCUT2D eigenvalue weighted by Crippen LogP contribution is 2.22. The predicted octanol–water partition coefficient (Wildman–Crippen LogP) is 4.81. The first-order chi connectivity index (χ1) is 11.7. The maximum Gasteiger partial charge on any atom is 0.265 e. The molecular weight excluding hydrogens is 298 g/mol. The van der Waals surface area contributed by atoms with E-state index < -0.39 is 6.10 Å². The van der Waals surface area contributed by atoms with E-state index in [1.165, 1.54) is 0 Å². The number of aryl methyl sites for hydroxylation is 1. The molecule has 3 nitrogen and oxygen atoms in total. The fourth-order valence-electron chi connectivity index (χ4n) is 2.68. The van der Waals surface area contributed by atoms with Gasteiger partial charge in [-0.05, 0) is 47.9 Å². The van der Waals surface area contributed by atoms with Gasteiger partial charge in [0.15, 0.2) is 6.10 Å². The molecule has 3 rings (SSSR count). The summed E-state index contributed by atoms with van der Waals surface area (Å²) in [4.78, 5) is 12.4. The van der Waals surface area contributed by atoms with Gasteiger partial charge in [-0.15, -0.1) is 0 Å². The summed E-state index contributed by atoms with van der Waals surface area (Å²) >= 11 is 0. The molecule has 3 aromatic carbocycles. The van der Waals surface area contributed by atoms with Crippen LogP contribution in [-0.4, -0.2) is 12.0 Å². The third kappa shape index (κ3) is 3.57. The molecule has 3 heteroatoms. The summed E-state index contributed by atoms with van der Waals surface area (Å²) in [6, 6.07) is 21.8. The van der Waals surface area contributed by atoms with Crippen molar-refractivity contribution in [2.45, 2.75) is 26.4 Å². The number of anilines is 1. The SMILES string of the molecule is CCc1ccccc1NC(=O)[C@@H](C)Oc1ccc2ccccc2c1. The molecule has 1 atom stereocenters. The van der Waals surface area contributed by atoms with Crippen LogP contribution < -0.4 is 10.1 Å². The monoisotopic (exact) mass is 319 g/mol. The van der Waals surface area contributed by atoms with Crippen LogP contribution >= 0.6 is 0 Å². The normalized spacial score (nSPS) is 11.9. The Hall–Kier alpha value is -2.81. The number of carbonyl (C=O) groups excluding carboxylic acids is 1. The number of ether oxygens (including phenoxy) is 1. The van der Waals surface area contributed by atoms with Crippen molar-refractivity contribution in [3.05, 3.63) is 72.3 Å². The minimum Gasteiger partial charge on any atom is -0.481 e. The van der Waals surface area contributed by atoms with Gasteiger partial charge in [-0.3, -0.25) is 4.79 Å². The number of para-hydroxylation sites is 1. The van der Waals surface area contributed by atoms with E-state index in [2.05, 4.69) is 18.3 Å². The first-order valence-electron chi connectivity index (χ1n) is 8.21. The Morgan fingerprint density at radius 2 is 1.71 bits per heavy atom. The van der Waals surface area contributed by atoms with Crippen molar-refractivity contribution in [2.24, 2.45) is 0 Å². The molecule has 0 saturated carbocycles. The molecule has 0 radical (unpaired) electrons. The fraction of sp³-hybridized carbons (Fsp3) is 0.190. The number of fused-ring (bicyclic) bond motifs is 1. The Morgan fingerprint density at radius 3 is 2.50 bits per heavy atom. The van der Waals surface area contributed by atoms with E-state index in [0.29, 0.717) is 5.75 Å². The lowest BCUT2D eigenvalue weighted by Crippen LogP contribution is -2.30. The molecule has 24 heavy (non-hydrogen) atoms. The van der Waals surface area contributed by atoms with E-state index in [-0.39, 0.29) is 5.91 Å². The first-order valence-corrected chi connectivity index (χ1v) is 8.21. The second-order valence-corrected chi connectivity index (χ2v) is 5.77. The zero-order chi connectivity index (χ0) is 16.9. The van der Waals surface area contributed by atoms with Crippen LogP contribution in [0.25, 0.3) is 10.8 Å². The average molecular weight is 319 g/mol. The number of nitrogens with one attached hydrogen (secondary N) is 1. The molecule has 0 unspecified atom stereocenters. The summed E-state index contributed by atoms with van der Waals surface area (Å²) in [5.74, 6) is 0.546. The van der Waals surface area contributed by atoms with Crippen molar-refractivity contribution in [3.63, 3.8) is 0 Å². The number of amides is 1. The van der Waals surface area contributed by atoms with Gasteiger partial charge in [-0.2, -0.15) is 0 Å². The summed E-state index contributed by atoms with van der Waals surface area (Å²) in [5.41, 5.74) is 1.96. The zero-order valence-electron chi connectivity index (χ0n) is 14.0. The lowest BCUT2D eigenvalue weighted by atomic mass is 10.1. The number of rotatable bonds is 5. The maximum atomic E-state index is 12.4. The molecule has 0 heterocycles. The number of hydrogen-bond acceptors (Lipinski definition) is 2. The summed E-state index contributed by atoms with van der Waals surface area (Å²) in [7, 11) is 0. The largest absolute Gasteiger partial charge is 0.481 e. The molecule has 0 fully saturated rings. The van der Waals surface area contributed by atoms with Crippen molar-refractivity contribution < 1.29 is 9.53 Å². The Morgan fingerprint density at radius 1 is 1.00 bits per heavy atom. The molecule has 0 aliphatic carbocycles. The van der Waals surface area contributed by atoms with Crippen LogP contribution in [0, 0.1) is 0 Å². The molecule has 0 aliphatic heterocycles. The standard InChI is InChI=1S/C21H21NO2/c1-3-16-8-6-7-11-20(16)22-21(23)15(2)24-19-13-12-17-9-4-5-10-18(17)14-19/h4-15H,3H2,1-2H3,(H,22,23)/t15-/m1/s1. The van der Waals surface area contributed by atoms with Crippen LogP contribution in [0.1, 0.15) is 19.4 Å². The Labute approximate surface area is 142 Å². The lowest BCUT2D eigenvalue weighted by molar-refractivity contribution is -0.122. The molecule has 0 saturated heterocycles. The smallest absolute Gasteiger partial charge is 0.265 e. The van der Waals surface area contributed by atoms with Gasteiger partial charge in [0.25, 0.3) is 5.91 Å². The van der Waals surface area contributed by atoms with Gasteiger partial charge in [0.05, 0.1) is 0 Å². The highest BCUT2D eigenvalue weighted by atomic mass is 16.5. The number of hydrogen-bond donors (Lipinski definition) is 1. The zero-order valence-corrected chi connectivity index (χ0v) is 14.0. The van der Waals surface area contributed by atoms with Gasteiger partial charge in [0.2, 0.25) is 0 Å². The maximum absolute atomic E-state index is 12.4. The minimum atomic E-state index is -0.573.